The number of aliphatic hydroxyl groups excluding tert-OH is 1. The Morgan fingerprint density at radius 2 is 1.89 bits per heavy atom. The van der Waals surface area contributed by atoms with Crippen LogP contribution in [-0.2, 0) is 15.0 Å². The average molecular weight is 537 g/mol. The number of nitrogens with two attached hydrogens (primary N) is 1. The summed E-state index contributed by atoms with van der Waals surface area (Å²) < 4.78 is 73.1. The predicted octanol–water partition coefficient (Wildman–Crippen LogP) is 0.161. The number of rotatable bonds is 9. The summed E-state index contributed by atoms with van der Waals surface area (Å²) in [6.45, 7) is -1.12. The van der Waals surface area contributed by atoms with Crippen LogP contribution in [0.1, 0.15) is 12.8 Å². The van der Waals surface area contributed by atoms with Crippen molar-refractivity contribution in [3.63, 3.8) is 0 Å². The largest absolute Gasteiger partial charge is 0.493 e. The number of benzene rings is 1. The molecule has 1 unspecified atom stereocenters. The van der Waals surface area contributed by atoms with E-state index < -0.39 is 47.5 Å². The number of aromatic nitrogens is 2. The second-order valence-electron chi connectivity index (χ2n) is 8.12. The maximum absolute atomic E-state index is 12.4. The van der Waals surface area contributed by atoms with Gasteiger partial charge in [-0.25, -0.2) is 5.14 Å². The Hall–Kier alpha value is -2.95. The first kappa shape index (κ1) is 27.6. The lowest BCUT2D eigenvalue weighted by Gasteiger charge is -2.38. The minimum absolute atomic E-state index is 0.284. The molecule has 0 bridgehead atoms. The van der Waals surface area contributed by atoms with Gasteiger partial charge >= 0.3 is 6.18 Å². The molecule has 1 fully saturated rings. The Kier molecular flexibility index (Phi) is 8.43. The van der Waals surface area contributed by atoms with Crippen LogP contribution < -0.4 is 24.8 Å². The molecule has 36 heavy (non-hydrogen) atoms. The number of methoxy groups -OCH3 is 2. The number of alkyl halides is 3. The highest BCUT2D eigenvalue weighted by Crippen LogP contribution is 2.36. The summed E-state index contributed by atoms with van der Waals surface area (Å²) in [4.78, 5) is 14.1. The van der Waals surface area contributed by atoms with Crippen molar-refractivity contribution >= 4 is 32.7 Å². The zero-order valence-corrected chi connectivity index (χ0v) is 20.3. The molecular weight excluding hydrogens is 509 g/mol. The number of hydrogen-bond donors (Lipinski definition) is 3. The van der Waals surface area contributed by atoms with Crippen LogP contribution in [-0.4, -0.2) is 92.7 Å². The van der Waals surface area contributed by atoms with Gasteiger partial charge in [-0.2, -0.15) is 36.1 Å². The Bertz CT molecular complexity index is 1190. The van der Waals surface area contributed by atoms with Gasteiger partial charge in [-0.3, -0.25) is 4.79 Å². The molecule has 3 rings (SSSR count). The molecule has 1 amide bonds. The number of ether oxygens (including phenoxy) is 2. The third-order valence-corrected chi connectivity index (χ3v) is 6.91. The van der Waals surface area contributed by atoms with Crippen LogP contribution in [0.25, 0.3) is 10.9 Å². The number of halogens is 3. The lowest BCUT2D eigenvalue weighted by atomic mass is 10.0. The first-order valence-corrected chi connectivity index (χ1v) is 12.3. The average Bonchev–Trinajstić information content (AvgIpc) is 2.83. The van der Waals surface area contributed by atoms with Crippen LogP contribution in [0.4, 0.5) is 18.9 Å². The number of fused-ring (bicyclic) bond motifs is 1. The van der Waals surface area contributed by atoms with Gasteiger partial charge in [-0.1, -0.05) is 0 Å². The summed E-state index contributed by atoms with van der Waals surface area (Å²) >= 11 is 0. The normalized spacial score (nSPS) is 16.3. The molecule has 1 aromatic heterocycles. The fraction of sp³-hybridized carbons (Fsp3) is 0.550. The molecule has 2 heterocycles. The number of aliphatic hydroxyl groups is 1. The van der Waals surface area contributed by atoms with Crippen molar-refractivity contribution in [2.75, 3.05) is 45.3 Å². The van der Waals surface area contributed by atoms with Gasteiger partial charge in [0.15, 0.2) is 17.6 Å². The maximum Gasteiger partial charge on any atom is 0.416 e. The SMILES string of the molecule is COc1cc2nncc(N3CCC(N(CC(=O)NCC(O)C(F)(F)F)S(N)(=O)=O)CC3)c2cc1OC. The highest BCUT2D eigenvalue weighted by molar-refractivity contribution is 7.86. The predicted molar refractivity (Wildman–Crippen MR) is 123 cm³/mol. The monoisotopic (exact) mass is 536 g/mol. The van der Waals surface area contributed by atoms with Crippen molar-refractivity contribution in [3.8, 4) is 11.5 Å². The molecule has 2 aromatic rings. The number of amides is 1. The minimum Gasteiger partial charge on any atom is -0.493 e. The first-order valence-electron chi connectivity index (χ1n) is 10.8. The first-order chi connectivity index (χ1) is 16.8. The third kappa shape index (κ3) is 6.43. The van der Waals surface area contributed by atoms with Gasteiger partial charge < -0.3 is 24.8 Å². The fourth-order valence-corrected chi connectivity index (χ4v) is 4.89. The summed E-state index contributed by atoms with van der Waals surface area (Å²) in [6, 6.07) is 2.79. The van der Waals surface area contributed by atoms with Crippen LogP contribution in [0.3, 0.4) is 0 Å². The molecule has 0 radical (unpaired) electrons. The summed E-state index contributed by atoms with van der Waals surface area (Å²) in [5.74, 6) is -0.0312. The van der Waals surface area contributed by atoms with Gasteiger partial charge in [0.1, 0.15) is 0 Å². The van der Waals surface area contributed by atoms with Crippen molar-refractivity contribution in [1.29, 1.82) is 0 Å². The number of nitrogens with one attached hydrogen (secondary N) is 1. The molecule has 1 aliphatic heterocycles. The second kappa shape index (κ2) is 11.0. The van der Waals surface area contributed by atoms with E-state index in [1.165, 1.54) is 14.2 Å². The van der Waals surface area contributed by atoms with Crippen LogP contribution in [0.5, 0.6) is 11.5 Å². The van der Waals surface area contributed by atoms with Crippen molar-refractivity contribution < 1.29 is 41.0 Å². The number of carbonyl (C=O) groups is 1. The standard InChI is InChI=1S/C20H27F3N6O6S/c1-34-16-7-13-14(8-17(16)35-2)27-26-9-15(13)28-5-3-12(4-6-28)29(36(24,32)33)11-19(31)25-10-18(30)20(21,22)23/h7-9,12,18,30H,3-6,10-11H2,1-2H3,(H,25,31)(H2,24,32,33). The molecular formula is C20H27F3N6O6S. The number of carbonyl (C=O) groups excluding carboxylic acids is 1. The summed E-state index contributed by atoms with van der Waals surface area (Å²) in [5.41, 5.74) is 1.30. The molecule has 0 aliphatic carbocycles. The Morgan fingerprint density at radius 3 is 2.44 bits per heavy atom. The lowest BCUT2D eigenvalue weighted by Crippen LogP contribution is -2.53. The summed E-state index contributed by atoms with van der Waals surface area (Å²) in [7, 11) is -1.34. The smallest absolute Gasteiger partial charge is 0.416 e. The highest BCUT2D eigenvalue weighted by atomic mass is 32.2. The van der Waals surface area contributed by atoms with Gasteiger partial charge in [0.25, 0.3) is 10.2 Å². The van der Waals surface area contributed by atoms with E-state index in [2.05, 4.69) is 10.2 Å². The van der Waals surface area contributed by atoms with Crippen molar-refractivity contribution in [3.05, 3.63) is 18.3 Å². The van der Waals surface area contributed by atoms with E-state index in [9.17, 15) is 26.4 Å². The maximum atomic E-state index is 12.4. The summed E-state index contributed by atoms with van der Waals surface area (Å²) in [5, 5.41) is 25.1. The van der Waals surface area contributed by atoms with Crippen molar-refractivity contribution in [2.24, 2.45) is 5.14 Å². The molecule has 12 nitrogen and oxygen atoms in total. The molecule has 1 atom stereocenters. The number of nitrogens with zero attached hydrogens (tertiary/aromatic N) is 4. The van der Waals surface area contributed by atoms with Crippen molar-refractivity contribution in [1.82, 2.24) is 19.8 Å². The van der Waals surface area contributed by atoms with E-state index in [0.29, 0.717) is 30.1 Å². The molecule has 1 aliphatic rings. The fourth-order valence-electron chi connectivity index (χ4n) is 3.97. The van der Waals surface area contributed by atoms with E-state index in [1.807, 2.05) is 10.2 Å². The molecule has 0 spiro atoms. The van der Waals surface area contributed by atoms with Crippen LogP contribution >= 0.6 is 0 Å². The Balaban J connectivity index is 1.72. The second-order valence-corrected chi connectivity index (χ2v) is 9.62. The quantitative estimate of drug-likeness (QED) is 0.406. The van der Waals surface area contributed by atoms with E-state index in [0.717, 1.165) is 15.4 Å². The van der Waals surface area contributed by atoms with Crippen LogP contribution in [0, 0.1) is 0 Å². The molecule has 200 valence electrons. The number of piperidine rings is 1. The van der Waals surface area contributed by atoms with E-state index in [4.69, 9.17) is 19.7 Å². The van der Waals surface area contributed by atoms with E-state index in [-0.39, 0.29) is 12.8 Å². The van der Waals surface area contributed by atoms with Gasteiger partial charge in [-0.05, 0) is 18.9 Å². The molecule has 0 saturated carbocycles. The zero-order chi connectivity index (χ0) is 26.7. The van der Waals surface area contributed by atoms with Crippen molar-refractivity contribution in [2.45, 2.75) is 31.2 Å². The third-order valence-electron chi connectivity index (χ3n) is 5.83. The number of hydrogen-bond acceptors (Lipinski definition) is 9. The van der Waals surface area contributed by atoms with Gasteiger partial charge in [0, 0.05) is 30.6 Å². The van der Waals surface area contributed by atoms with E-state index >= 15 is 0 Å². The van der Waals surface area contributed by atoms with Gasteiger partial charge in [0.05, 0.1) is 44.7 Å². The zero-order valence-electron chi connectivity index (χ0n) is 19.5. The molecule has 16 heteroatoms. The van der Waals surface area contributed by atoms with Crippen LogP contribution in [0.2, 0.25) is 0 Å². The summed E-state index contributed by atoms with van der Waals surface area (Å²) in [6.07, 6.45) is -5.54. The molecule has 4 N–H and O–H groups in total. The van der Waals surface area contributed by atoms with Gasteiger partial charge in [-0.15, -0.1) is 0 Å². The molecule has 1 saturated heterocycles. The lowest BCUT2D eigenvalue weighted by molar-refractivity contribution is -0.201. The number of anilines is 1. The Labute approximate surface area is 205 Å². The van der Waals surface area contributed by atoms with Gasteiger partial charge in [0.2, 0.25) is 5.91 Å². The minimum atomic E-state index is -4.92. The van der Waals surface area contributed by atoms with Crippen LogP contribution in [0.15, 0.2) is 18.3 Å². The van der Waals surface area contributed by atoms with E-state index in [1.54, 1.807) is 18.3 Å². The molecule has 1 aromatic carbocycles. The highest BCUT2D eigenvalue weighted by Gasteiger charge is 2.39. The topological polar surface area (TPSA) is 160 Å². The Morgan fingerprint density at radius 1 is 1.28 bits per heavy atom.